The van der Waals surface area contributed by atoms with Crippen LogP contribution in [0.15, 0.2) is 6.33 Å². The van der Waals surface area contributed by atoms with Gasteiger partial charge in [0.25, 0.3) is 0 Å². The molecule has 1 fully saturated rings. The van der Waals surface area contributed by atoms with E-state index in [0.717, 1.165) is 44.1 Å². The van der Waals surface area contributed by atoms with Gasteiger partial charge in [0.15, 0.2) is 0 Å². The maximum absolute atomic E-state index is 4.58. The number of hydrogen-bond acceptors (Lipinski definition) is 5. The second-order valence-electron chi connectivity index (χ2n) is 6.22. The summed E-state index contributed by atoms with van der Waals surface area (Å²) in [4.78, 5) is 13.8. The van der Waals surface area contributed by atoms with Crippen LogP contribution in [0.3, 0.4) is 0 Å². The van der Waals surface area contributed by atoms with E-state index in [1.165, 1.54) is 5.56 Å². The van der Waals surface area contributed by atoms with Crippen LogP contribution >= 0.6 is 0 Å². The van der Waals surface area contributed by atoms with Gasteiger partial charge in [0.1, 0.15) is 18.0 Å². The van der Waals surface area contributed by atoms with Crippen LogP contribution in [0.2, 0.25) is 0 Å². The van der Waals surface area contributed by atoms with E-state index >= 15 is 0 Å². The molecule has 2 atom stereocenters. The van der Waals surface area contributed by atoms with Gasteiger partial charge in [-0.05, 0) is 32.9 Å². The Morgan fingerprint density at radius 3 is 2.62 bits per heavy atom. The second kappa shape index (κ2) is 7.07. The first-order valence-corrected chi connectivity index (χ1v) is 8.07. The highest BCUT2D eigenvalue weighted by atomic mass is 15.3. The third-order valence-corrected chi connectivity index (χ3v) is 4.35. The van der Waals surface area contributed by atoms with Crippen LogP contribution in [-0.4, -0.2) is 54.6 Å². The van der Waals surface area contributed by atoms with Gasteiger partial charge in [-0.15, -0.1) is 0 Å². The first kappa shape index (κ1) is 16.0. The van der Waals surface area contributed by atoms with Gasteiger partial charge >= 0.3 is 0 Å². The highest BCUT2D eigenvalue weighted by Gasteiger charge is 2.32. The van der Waals surface area contributed by atoms with Gasteiger partial charge in [0.2, 0.25) is 0 Å². The first-order chi connectivity index (χ1) is 10.1. The Balaban J connectivity index is 2.23. The second-order valence-corrected chi connectivity index (χ2v) is 6.22. The zero-order chi connectivity index (χ0) is 15.4. The zero-order valence-electron chi connectivity index (χ0n) is 14.1. The molecule has 0 bridgehead atoms. The van der Waals surface area contributed by atoms with Crippen molar-refractivity contribution in [1.29, 1.82) is 0 Å². The average Bonchev–Trinajstić information content (AvgIpc) is 2.86. The minimum atomic E-state index is 0.594. The number of nitrogens with one attached hydrogen (secondary N) is 1. The monoisotopic (exact) mass is 291 g/mol. The molecule has 5 nitrogen and oxygen atoms in total. The number of rotatable bonds is 6. The molecule has 5 heteroatoms. The summed E-state index contributed by atoms with van der Waals surface area (Å²) in [6.07, 6.45) is 3.76. The summed E-state index contributed by atoms with van der Waals surface area (Å²) >= 11 is 0. The fourth-order valence-corrected chi connectivity index (χ4v) is 3.19. The molecule has 0 aliphatic carbocycles. The van der Waals surface area contributed by atoms with Crippen molar-refractivity contribution in [2.24, 2.45) is 5.92 Å². The molecule has 1 aliphatic heterocycles. The maximum Gasteiger partial charge on any atom is 0.137 e. The van der Waals surface area contributed by atoms with Gasteiger partial charge in [0.05, 0.1) is 0 Å². The van der Waals surface area contributed by atoms with Gasteiger partial charge in [0, 0.05) is 31.2 Å². The summed E-state index contributed by atoms with van der Waals surface area (Å²) in [6, 6.07) is 0.594. The smallest absolute Gasteiger partial charge is 0.137 e. The fraction of sp³-hybridized carbons (Fsp3) is 0.750. The highest BCUT2D eigenvalue weighted by molar-refractivity contribution is 5.59. The topological polar surface area (TPSA) is 44.3 Å². The number of hydrogen-bond donors (Lipinski definition) is 1. The summed E-state index contributed by atoms with van der Waals surface area (Å²) in [6.45, 7) is 9.76. The van der Waals surface area contributed by atoms with E-state index in [4.69, 9.17) is 0 Å². The molecule has 0 aromatic carbocycles. The van der Waals surface area contributed by atoms with E-state index < -0.39 is 0 Å². The third-order valence-electron chi connectivity index (χ3n) is 4.35. The van der Waals surface area contributed by atoms with Crippen molar-refractivity contribution >= 4 is 11.6 Å². The van der Waals surface area contributed by atoms with E-state index in [1.807, 2.05) is 0 Å². The van der Waals surface area contributed by atoms with Gasteiger partial charge < -0.3 is 15.1 Å². The van der Waals surface area contributed by atoms with Crippen molar-refractivity contribution in [3.8, 4) is 0 Å². The van der Waals surface area contributed by atoms with Crippen LogP contribution in [0.25, 0.3) is 0 Å². The Labute approximate surface area is 128 Å². The van der Waals surface area contributed by atoms with Crippen LogP contribution in [-0.2, 0) is 6.42 Å². The molecule has 0 spiro atoms. The SMILES string of the molecule is CCCNc1ncnc(N2CC(C)C(N(C)C)C2)c1CC. The third kappa shape index (κ3) is 3.46. The summed E-state index contributed by atoms with van der Waals surface area (Å²) in [5.41, 5.74) is 1.25. The Hall–Kier alpha value is -1.36. The van der Waals surface area contributed by atoms with E-state index in [2.05, 4.69) is 60.0 Å². The summed E-state index contributed by atoms with van der Waals surface area (Å²) in [5, 5.41) is 3.43. The molecule has 0 amide bonds. The summed E-state index contributed by atoms with van der Waals surface area (Å²) in [5.74, 6) is 2.78. The summed E-state index contributed by atoms with van der Waals surface area (Å²) in [7, 11) is 4.33. The molecule has 1 aliphatic rings. The minimum Gasteiger partial charge on any atom is -0.370 e. The van der Waals surface area contributed by atoms with Gasteiger partial charge in [-0.25, -0.2) is 9.97 Å². The molecule has 1 aromatic rings. The Morgan fingerprint density at radius 1 is 1.29 bits per heavy atom. The molecular formula is C16H29N5. The molecule has 21 heavy (non-hydrogen) atoms. The molecular weight excluding hydrogens is 262 g/mol. The lowest BCUT2D eigenvalue weighted by molar-refractivity contribution is 0.266. The molecule has 1 aromatic heterocycles. The molecule has 2 rings (SSSR count). The number of nitrogens with zero attached hydrogens (tertiary/aromatic N) is 4. The van der Waals surface area contributed by atoms with Crippen molar-refractivity contribution in [1.82, 2.24) is 14.9 Å². The molecule has 1 N–H and O–H groups in total. The molecule has 118 valence electrons. The van der Waals surface area contributed by atoms with Crippen molar-refractivity contribution in [2.75, 3.05) is 43.9 Å². The molecule has 0 radical (unpaired) electrons. The number of aromatic nitrogens is 2. The van der Waals surface area contributed by atoms with E-state index in [0.29, 0.717) is 12.0 Å². The lowest BCUT2D eigenvalue weighted by Crippen LogP contribution is -2.34. The average molecular weight is 291 g/mol. The van der Waals surface area contributed by atoms with Crippen molar-refractivity contribution < 1.29 is 0 Å². The summed E-state index contributed by atoms with van der Waals surface area (Å²) < 4.78 is 0. The largest absolute Gasteiger partial charge is 0.370 e. The maximum atomic E-state index is 4.58. The van der Waals surface area contributed by atoms with Gasteiger partial charge in [-0.3, -0.25) is 0 Å². The minimum absolute atomic E-state index is 0.594. The van der Waals surface area contributed by atoms with Crippen LogP contribution in [0.4, 0.5) is 11.6 Å². The molecule has 1 saturated heterocycles. The molecule has 2 heterocycles. The lowest BCUT2D eigenvalue weighted by Gasteiger charge is -2.24. The van der Waals surface area contributed by atoms with Crippen molar-refractivity contribution in [3.63, 3.8) is 0 Å². The van der Waals surface area contributed by atoms with Crippen LogP contribution in [0.5, 0.6) is 0 Å². The highest BCUT2D eigenvalue weighted by Crippen LogP contribution is 2.30. The Kier molecular flexibility index (Phi) is 5.39. The van der Waals surface area contributed by atoms with Gasteiger partial charge in [-0.2, -0.15) is 0 Å². The van der Waals surface area contributed by atoms with Crippen LogP contribution in [0, 0.1) is 5.92 Å². The van der Waals surface area contributed by atoms with Gasteiger partial charge in [-0.1, -0.05) is 20.8 Å². The number of anilines is 2. The number of likely N-dealkylation sites (N-methyl/N-ethyl adjacent to an activating group) is 1. The Bertz CT molecular complexity index is 460. The predicted molar refractivity (Wildman–Crippen MR) is 89.0 cm³/mol. The van der Waals surface area contributed by atoms with E-state index in [-0.39, 0.29) is 0 Å². The van der Waals surface area contributed by atoms with E-state index in [1.54, 1.807) is 6.33 Å². The lowest BCUT2D eigenvalue weighted by atomic mass is 10.1. The van der Waals surface area contributed by atoms with Crippen LogP contribution < -0.4 is 10.2 Å². The standard InChI is InChI=1S/C16H29N5/c1-6-8-17-15-13(7-2)16(19-11-18-15)21-9-12(3)14(10-21)20(4)5/h11-12,14H,6-10H2,1-5H3,(H,17,18,19). The molecule has 2 unspecified atom stereocenters. The Morgan fingerprint density at radius 2 is 2.05 bits per heavy atom. The normalized spacial score (nSPS) is 22.1. The van der Waals surface area contributed by atoms with Crippen LogP contribution in [0.1, 0.15) is 32.8 Å². The quantitative estimate of drug-likeness (QED) is 0.871. The van der Waals surface area contributed by atoms with Crippen molar-refractivity contribution in [2.45, 2.75) is 39.7 Å². The predicted octanol–water partition coefficient (Wildman–Crippen LogP) is 2.25. The fourth-order valence-electron chi connectivity index (χ4n) is 3.19. The zero-order valence-corrected chi connectivity index (χ0v) is 14.1. The first-order valence-electron chi connectivity index (χ1n) is 8.07. The van der Waals surface area contributed by atoms with Crippen molar-refractivity contribution in [3.05, 3.63) is 11.9 Å². The van der Waals surface area contributed by atoms with E-state index in [9.17, 15) is 0 Å². The molecule has 0 saturated carbocycles.